The summed E-state index contributed by atoms with van der Waals surface area (Å²) in [5, 5.41) is 2.81. The van der Waals surface area contributed by atoms with E-state index in [4.69, 9.17) is 4.42 Å². The first-order valence-electron chi connectivity index (χ1n) is 6.97. The minimum atomic E-state index is -0.301. The van der Waals surface area contributed by atoms with Crippen LogP contribution in [0.5, 0.6) is 0 Å². The van der Waals surface area contributed by atoms with Crippen LogP contribution in [0.25, 0.3) is 0 Å². The minimum absolute atomic E-state index is 0.0699. The zero-order valence-electron chi connectivity index (χ0n) is 12.1. The number of carbonyl (C=O) groups is 2. The Bertz CT molecular complexity index is 739. The highest BCUT2D eigenvalue weighted by Gasteiger charge is 2.19. The van der Waals surface area contributed by atoms with Crippen LogP contribution in [0.2, 0.25) is 0 Å². The number of benzene rings is 1. The van der Waals surface area contributed by atoms with Crippen molar-refractivity contribution in [3.63, 3.8) is 0 Å². The van der Waals surface area contributed by atoms with E-state index in [1.807, 2.05) is 18.2 Å². The molecule has 0 fully saturated rings. The van der Waals surface area contributed by atoms with E-state index in [9.17, 15) is 9.59 Å². The molecule has 0 radical (unpaired) electrons. The fourth-order valence-corrected chi connectivity index (χ4v) is 2.84. The molecule has 3 rings (SSSR count). The standard InChI is InChI=1S/C16H15BrN2O3/c1-10(20)19-7-6-11-2-3-13(8-12(11)9-19)18-16(21)14-4-5-15(17)22-14/h2-5,8H,6-7,9H2,1H3,(H,18,21). The van der Waals surface area contributed by atoms with Gasteiger partial charge in [-0.15, -0.1) is 0 Å². The molecule has 0 saturated heterocycles. The van der Waals surface area contributed by atoms with Gasteiger partial charge >= 0.3 is 0 Å². The monoisotopic (exact) mass is 362 g/mol. The van der Waals surface area contributed by atoms with E-state index in [1.54, 1.807) is 24.0 Å². The lowest BCUT2D eigenvalue weighted by Gasteiger charge is -2.28. The predicted molar refractivity (Wildman–Crippen MR) is 85.6 cm³/mol. The van der Waals surface area contributed by atoms with Gasteiger partial charge in [0.25, 0.3) is 5.91 Å². The minimum Gasteiger partial charge on any atom is -0.444 e. The number of anilines is 1. The summed E-state index contributed by atoms with van der Waals surface area (Å²) in [6.45, 7) is 2.90. The van der Waals surface area contributed by atoms with E-state index in [1.165, 1.54) is 5.56 Å². The van der Waals surface area contributed by atoms with Crippen LogP contribution in [-0.2, 0) is 17.8 Å². The molecular weight excluding hydrogens is 348 g/mol. The van der Waals surface area contributed by atoms with Crippen molar-refractivity contribution >= 4 is 33.4 Å². The van der Waals surface area contributed by atoms with Crippen LogP contribution in [-0.4, -0.2) is 23.3 Å². The van der Waals surface area contributed by atoms with E-state index in [2.05, 4.69) is 21.2 Å². The van der Waals surface area contributed by atoms with Crippen molar-refractivity contribution < 1.29 is 14.0 Å². The first-order valence-corrected chi connectivity index (χ1v) is 7.76. The lowest BCUT2D eigenvalue weighted by molar-refractivity contribution is -0.129. The largest absolute Gasteiger partial charge is 0.444 e. The van der Waals surface area contributed by atoms with Gasteiger partial charge in [-0.2, -0.15) is 0 Å². The Morgan fingerprint density at radius 2 is 2.05 bits per heavy atom. The van der Waals surface area contributed by atoms with Crippen LogP contribution >= 0.6 is 15.9 Å². The Balaban J connectivity index is 1.77. The number of carbonyl (C=O) groups excluding carboxylic acids is 2. The molecule has 1 aromatic heterocycles. The maximum atomic E-state index is 12.1. The molecule has 5 nitrogen and oxygen atoms in total. The van der Waals surface area contributed by atoms with Gasteiger partial charge in [0.15, 0.2) is 10.4 Å². The highest BCUT2D eigenvalue weighted by atomic mass is 79.9. The molecule has 1 aliphatic heterocycles. The lowest BCUT2D eigenvalue weighted by atomic mass is 9.99. The number of rotatable bonds is 2. The Hall–Kier alpha value is -2.08. The van der Waals surface area contributed by atoms with Crippen molar-refractivity contribution in [1.29, 1.82) is 0 Å². The van der Waals surface area contributed by atoms with Crippen molar-refractivity contribution in [3.8, 4) is 0 Å². The number of halogens is 1. The molecule has 22 heavy (non-hydrogen) atoms. The third-order valence-electron chi connectivity index (χ3n) is 3.72. The molecule has 6 heteroatoms. The topological polar surface area (TPSA) is 62.6 Å². The molecule has 2 heterocycles. The van der Waals surface area contributed by atoms with Crippen LogP contribution in [0.15, 0.2) is 39.4 Å². The fraction of sp³-hybridized carbons (Fsp3) is 0.250. The molecule has 2 aromatic rings. The maximum Gasteiger partial charge on any atom is 0.291 e. The van der Waals surface area contributed by atoms with E-state index < -0.39 is 0 Å². The van der Waals surface area contributed by atoms with Crippen LogP contribution < -0.4 is 5.32 Å². The number of fused-ring (bicyclic) bond motifs is 1. The second kappa shape index (κ2) is 5.96. The van der Waals surface area contributed by atoms with Crippen molar-refractivity contribution in [1.82, 2.24) is 4.90 Å². The van der Waals surface area contributed by atoms with Gasteiger partial charge in [0.05, 0.1) is 0 Å². The van der Waals surface area contributed by atoms with Gasteiger partial charge < -0.3 is 14.6 Å². The van der Waals surface area contributed by atoms with Crippen LogP contribution in [0, 0.1) is 0 Å². The van der Waals surface area contributed by atoms with E-state index in [-0.39, 0.29) is 17.6 Å². The van der Waals surface area contributed by atoms with Crippen molar-refractivity contribution in [3.05, 3.63) is 51.9 Å². The van der Waals surface area contributed by atoms with Gasteiger partial charge in [0.1, 0.15) is 0 Å². The van der Waals surface area contributed by atoms with Gasteiger partial charge in [0, 0.05) is 25.7 Å². The zero-order chi connectivity index (χ0) is 15.7. The first kappa shape index (κ1) is 14.8. The van der Waals surface area contributed by atoms with Crippen molar-refractivity contribution in [2.45, 2.75) is 19.9 Å². The van der Waals surface area contributed by atoms with Gasteiger partial charge in [-0.1, -0.05) is 6.07 Å². The van der Waals surface area contributed by atoms with Crippen LogP contribution in [0.1, 0.15) is 28.6 Å². The van der Waals surface area contributed by atoms with Gasteiger partial charge in [0.2, 0.25) is 5.91 Å². The summed E-state index contributed by atoms with van der Waals surface area (Å²) in [5.74, 6) is 0.0142. The summed E-state index contributed by atoms with van der Waals surface area (Å²) in [6, 6.07) is 9.07. The van der Waals surface area contributed by atoms with Gasteiger partial charge in [-0.25, -0.2) is 0 Å². The first-order chi connectivity index (χ1) is 10.5. The molecule has 1 N–H and O–H groups in total. The predicted octanol–water partition coefficient (Wildman–Crippen LogP) is 3.20. The van der Waals surface area contributed by atoms with E-state index in [0.717, 1.165) is 18.5 Å². The zero-order valence-corrected chi connectivity index (χ0v) is 13.6. The number of hydrogen-bond donors (Lipinski definition) is 1. The average molecular weight is 363 g/mol. The fourth-order valence-electron chi connectivity index (χ4n) is 2.53. The molecule has 0 bridgehead atoms. The van der Waals surface area contributed by atoms with Crippen LogP contribution in [0.4, 0.5) is 5.69 Å². The van der Waals surface area contributed by atoms with Crippen molar-refractivity contribution in [2.75, 3.05) is 11.9 Å². The van der Waals surface area contributed by atoms with E-state index >= 15 is 0 Å². The Kier molecular flexibility index (Phi) is 4.02. The smallest absolute Gasteiger partial charge is 0.291 e. The highest BCUT2D eigenvalue weighted by Crippen LogP contribution is 2.23. The molecule has 114 valence electrons. The number of hydrogen-bond acceptors (Lipinski definition) is 3. The van der Waals surface area contributed by atoms with Crippen LogP contribution in [0.3, 0.4) is 0 Å². The maximum absolute atomic E-state index is 12.1. The molecule has 0 saturated carbocycles. The van der Waals surface area contributed by atoms with E-state index in [0.29, 0.717) is 16.9 Å². The molecule has 1 aromatic carbocycles. The summed E-state index contributed by atoms with van der Waals surface area (Å²) in [5.41, 5.74) is 2.98. The highest BCUT2D eigenvalue weighted by molar-refractivity contribution is 9.10. The number of furan rings is 1. The third-order valence-corrected chi connectivity index (χ3v) is 4.14. The summed E-state index contributed by atoms with van der Waals surface area (Å²) >= 11 is 3.17. The summed E-state index contributed by atoms with van der Waals surface area (Å²) in [6.07, 6.45) is 0.842. The molecular formula is C16H15BrN2O3. The summed E-state index contributed by atoms with van der Waals surface area (Å²) in [4.78, 5) is 25.4. The SMILES string of the molecule is CC(=O)N1CCc2ccc(NC(=O)c3ccc(Br)o3)cc2C1. The Morgan fingerprint density at radius 1 is 1.23 bits per heavy atom. The molecule has 0 atom stereocenters. The molecule has 2 amide bonds. The normalized spacial score (nSPS) is 13.6. The number of nitrogens with one attached hydrogen (secondary N) is 1. The Morgan fingerprint density at radius 3 is 2.73 bits per heavy atom. The van der Waals surface area contributed by atoms with Gasteiger partial charge in [-0.05, 0) is 57.7 Å². The second-order valence-electron chi connectivity index (χ2n) is 5.23. The molecule has 0 aliphatic carbocycles. The lowest BCUT2D eigenvalue weighted by Crippen LogP contribution is -2.34. The molecule has 0 unspecified atom stereocenters. The Labute approximate surface area is 136 Å². The third kappa shape index (κ3) is 3.06. The number of amides is 2. The quantitative estimate of drug-likeness (QED) is 0.891. The van der Waals surface area contributed by atoms with Crippen molar-refractivity contribution in [2.24, 2.45) is 0 Å². The summed E-state index contributed by atoms with van der Waals surface area (Å²) in [7, 11) is 0. The second-order valence-corrected chi connectivity index (χ2v) is 6.01. The summed E-state index contributed by atoms with van der Waals surface area (Å²) < 4.78 is 5.74. The number of nitrogens with zero attached hydrogens (tertiary/aromatic N) is 1. The molecule has 0 spiro atoms. The average Bonchev–Trinajstić information content (AvgIpc) is 2.93. The molecule has 1 aliphatic rings. The van der Waals surface area contributed by atoms with Gasteiger partial charge in [-0.3, -0.25) is 9.59 Å².